The Morgan fingerprint density at radius 2 is 2.18 bits per heavy atom. The van der Waals surface area contributed by atoms with E-state index >= 15 is 0 Å². The third kappa shape index (κ3) is 3.07. The summed E-state index contributed by atoms with van der Waals surface area (Å²) in [4.78, 5) is 0. The first-order chi connectivity index (χ1) is 8.20. The van der Waals surface area contributed by atoms with E-state index in [1.165, 1.54) is 5.56 Å². The second kappa shape index (κ2) is 5.64. The molecule has 1 atom stereocenters. The van der Waals surface area contributed by atoms with Gasteiger partial charge in [0.25, 0.3) is 0 Å². The van der Waals surface area contributed by atoms with Gasteiger partial charge in [0.15, 0.2) is 0 Å². The van der Waals surface area contributed by atoms with E-state index in [4.69, 9.17) is 11.6 Å². The number of nitrogens with one attached hydrogen (secondary N) is 1. The molecule has 0 aliphatic carbocycles. The molecule has 2 aromatic rings. The SMILES string of the molecule is NNC(Cc1ccsc1)c1cc(Br)ccc1N. The lowest BCUT2D eigenvalue weighted by molar-refractivity contribution is 0.554. The van der Waals surface area contributed by atoms with Crippen molar-refractivity contribution >= 4 is 33.0 Å². The summed E-state index contributed by atoms with van der Waals surface area (Å²) in [6, 6.07) is 7.95. The lowest BCUT2D eigenvalue weighted by Gasteiger charge is -2.18. The number of rotatable bonds is 4. The van der Waals surface area contributed by atoms with E-state index in [0.29, 0.717) is 0 Å². The van der Waals surface area contributed by atoms with Gasteiger partial charge in [0.1, 0.15) is 0 Å². The maximum absolute atomic E-state index is 5.98. The third-order valence-corrected chi connectivity index (χ3v) is 3.87. The molecular weight excluding hydrogens is 298 g/mol. The Morgan fingerprint density at radius 1 is 1.35 bits per heavy atom. The molecule has 0 saturated heterocycles. The Kier molecular flexibility index (Phi) is 4.17. The summed E-state index contributed by atoms with van der Waals surface area (Å²) in [5, 5.41) is 4.19. The summed E-state index contributed by atoms with van der Waals surface area (Å²) >= 11 is 5.14. The van der Waals surface area contributed by atoms with Crippen molar-refractivity contribution in [2.75, 3.05) is 5.73 Å². The van der Waals surface area contributed by atoms with Crippen LogP contribution < -0.4 is 17.0 Å². The average molecular weight is 312 g/mol. The van der Waals surface area contributed by atoms with Gasteiger partial charge in [-0.05, 0) is 52.6 Å². The molecular formula is C12H14BrN3S. The number of thiophene rings is 1. The standard InChI is InChI=1S/C12H14BrN3S/c13-9-1-2-11(14)10(6-9)12(16-15)5-8-3-4-17-7-8/h1-4,6-7,12,16H,5,14-15H2. The number of nitrogen functional groups attached to an aromatic ring is 1. The van der Waals surface area contributed by atoms with Crippen LogP contribution in [0.3, 0.4) is 0 Å². The number of benzene rings is 1. The van der Waals surface area contributed by atoms with Crippen molar-refractivity contribution < 1.29 is 0 Å². The van der Waals surface area contributed by atoms with Gasteiger partial charge in [-0.2, -0.15) is 11.3 Å². The maximum Gasteiger partial charge on any atom is 0.0521 e. The predicted octanol–water partition coefficient (Wildman–Crippen LogP) is 2.84. The van der Waals surface area contributed by atoms with Crippen molar-refractivity contribution in [3.8, 4) is 0 Å². The highest BCUT2D eigenvalue weighted by molar-refractivity contribution is 9.10. The zero-order valence-corrected chi connectivity index (χ0v) is 11.6. The Bertz CT molecular complexity index is 485. The molecule has 2 rings (SSSR count). The molecule has 5 heteroatoms. The van der Waals surface area contributed by atoms with Crippen molar-refractivity contribution in [3.63, 3.8) is 0 Å². The largest absolute Gasteiger partial charge is 0.398 e. The van der Waals surface area contributed by atoms with Crippen molar-refractivity contribution in [1.82, 2.24) is 5.43 Å². The third-order valence-electron chi connectivity index (χ3n) is 2.65. The van der Waals surface area contributed by atoms with Crippen LogP contribution in [0, 0.1) is 0 Å². The molecule has 0 saturated carbocycles. The Labute approximate surface area is 113 Å². The molecule has 3 nitrogen and oxygen atoms in total. The Morgan fingerprint density at radius 3 is 2.82 bits per heavy atom. The zero-order chi connectivity index (χ0) is 12.3. The second-order valence-electron chi connectivity index (χ2n) is 3.83. The number of hydrogen-bond acceptors (Lipinski definition) is 4. The molecule has 0 bridgehead atoms. The van der Waals surface area contributed by atoms with E-state index in [0.717, 1.165) is 22.1 Å². The molecule has 0 spiro atoms. The van der Waals surface area contributed by atoms with Gasteiger partial charge in [-0.3, -0.25) is 11.3 Å². The van der Waals surface area contributed by atoms with Crippen LogP contribution in [-0.4, -0.2) is 0 Å². The first-order valence-corrected chi connectivity index (χ1v) is 6.96. The van der Waals surface area contributed by atoms with Gasteiger partial charge in [-0.25, -0.2) is 0 Å². The molecule has 0 aliphatic rings. The number of hydrogen-bond donors (Lipinski definition) is 3. The van der Waals surface area contributed by atoms with E-state index in [9.17, 15) is 0 Å². The minimum absolute atomic E-state index is 0.0297. The Balaban J connectivity index is 2.25. The van der Waals surface area contributed by atoms with Gasteiger partial charge in [-0.1, -0.05) is 15.9 Å². The molecule has 1 heterocycles. The van der Waals surface area contributed by atoms with Gasteiger partial charge in [-0.15, -0.1) is 0 Å². The summed E-state index contributed by atoms with van der Waals surface area (Å²) in [5.74, 6) is 5.62. The smallest absolute Gasteiger partial charge is 0.0521 e. The first kappa shape index (κ1) is 12.6. The van der Waals surface area contributed by atoms with Crippen LogP contribution in [0.2, 0.25) is 0 Å². The van der Waals surface area contributed by atoms with Gasteiger partial charge in [0.05, 0.1) is 6.04 Å². The van der Waals surface area contributed by atoms with Crippen LogP contribution in [0.1, 0.15) is 17.2 Å². The van der Waals surface area contributed by atoms with Crippen molar-refractivity contribution in [1.29, 1.82) is 0 Å². The van der Waals surface area contributed by atoms with E-state index in [1.54, 1.807) is 11.3 Å². The van der Waals surface area contributed by atoms with Crippen LogP contribution in [0.25, 0.3) is 0 Å². The number of halogens is 1. The fourth-order valence-electron chi connectivity index (χ4n) is 1.75. The van der Waals surface area contributed by atoms with Gasteiger partial charge in [0.2, 0.25) is 0 Å². The molecule has 1 aromatic heterocycles. The summed E-state index contributed by atoms with van der Waals surface area (Å²) in [5.41, 5.74) is 11.8. The molecule has 1 unspecified atom stereocenters. The summed E-state index contributed by atoms with van der Waals surface area (Å²) in [6.45, 7) is 0. The lowest BCUT2D eigenvalue weighted by atomic mass is 10.00. The summed E-state index contributed by atoms with van der Waals surface area (Å²) in [6.07, 6.45) is 0.834. The fourth-order valence-corrected chi connectivity index (χ4v) is 2.81. The van der Waals surface area contributed by atoms with E-state index in [-0.39, 0.29) is 6.04 Å². The van der Waals surface area contributed by atoms with Crippen LogP contribution in [0.5, 0.6) is 0 Å². The molecule has 0 fully saturated rings. The maximum atomic E-state index is 5.98. The highest BCUT2D eigenvalue weighted by atomic mass is 79.9. The quantitative estimate of drug-likeness (QED) is 0.462. The molecule has 90 valence electrons. The van der Waals surface area contributed by atoms with Gasteiger partial charge < -0.3 is 5.73 Å². The van der Waals surface area contributed by atoms with Gasteiger partial charge >= 0.3 is 0 Å². The van der Waals surface area contributed by atoms with Crippen LogP contribution in [0.15, 0.2) is 39.5 Å². The van der Waals surface area contributed by atoms with Crippen LogP contribution >= 0.6 is 27.3 Å². The normalized spacial score (nSPS) is 12.6. The second-order valence-corrected chi connectivity index (χ2v) is 5.52. The predicted molar refractivity (Wildman–Crippen MR) is 76.6 cm³/mol. The molecule has 5 N–H and O–H groups in total. The zero-order valence-electron chi connectivity index (χ0n) is 9.19. The van der Waals surface area contributed by atoms with Crippen LogP contribution in [-0.2, 0) is 6.42 Å². The average Bonchev–Trinajstić information content (AvgIpc) is 2.82. The molecule has 17 heavy (non-hydrogen) atoms. The molecule has 0 amide bonds. The molecule has 0 aliphatic heterocycles. The summed E-state index contributed by atoms with van der Waals surface area (Å²) in [7, 11) is 0. The van der Waals surface area contributed by atoms with Crippen molar-refractivity contribution in [3.05, 3.63) is 50.6 Å². The highest BCUT2D eigenvalue weighted by Crippen LogP contribution is 2.27. The number of nitrogens with two attached hydrogens (primary N) is 2. The van der Waals surface area contributed by atoms with Crippen molar-refractivity contribution in [2.24, 2.45) is 5.84 Å². The van der Waals surface area contributed by atoms with E-state index in [1.807, 2.05) is 18.2 Å². The Hall–Kier alpha value is -0.880. The van der Waals surface area contributed by atoms with E-state index < -0.39 is 0 Å². The minimum atomic E-state index is 0.0297. The highest BCUT2D eigenvalue weighted by Gasteiger charge is 2.14. The van der Waals surface area contributed by atoms with Crippen LogP contribution in [0.4, 0.5) is 5.69 Å². The van der Waals surface area contributed by atoms with E-state index in [2.05, 4.69) is 38.2 Å². The lowest BCUT2D eigenvalue weighted by Crippen LogP contribution is -2.30. The topological polar surface area (TPSA) is 64.1 Å². The summed E-state index contributed by atoms with van der Waals surface area (Å²) < 4.78 is 1.01. The van der Waals surface area contributed by atoms with Crippen molar-refractivity contribution in [2.45, 2.75) is 12.5 Å². The monoisotopic (exact) mass is 311 g/mol. The molecule has 1 aromatic carbocycles. The minimum Gasteiger partial charge on any atom is -0.398 e. The van der Waals surface area contributed by atoms with Gasteiger partial charge in [0, 0.05) is 10.2 Å². The first-order valence-electron chi connectivity index (χ1n) is 5.23. The fraction of sp³-hybridized carbons (Fsp3) is 0.167. The number of anilines is 1. The number of hydrazine groups is 1. The molecule has 0 radical (unpaired) electrons.